The quantitative estimate of drug-likeness (QED) is 0.137. The standard InChI is InChI=1S/C15H19FN2O2.C12H22N6O2/c1-3-20-9-12-6-11-7-13(16)4-5-14(11)18-15(12)8-17-10(2)19;1-13-11(18-7-5-15-6-8-18)16-10(4-9-19)17(3)12(20)14-2/h4-5,7,18H,3,6,8-9H2,1-2H3,(H,17,19);4,9,15H,5-8H2,1-3H3,(H,13,16)(H,14,20)/b;10-4-. The van der Waals surface area contributed by atoms with E-state index in [-0.39, 0.29) is 17.8 Å². The van der Waals surface area contributed by atoms with Crippen LogP contribution in [-0.2, 0) is 20.7 Å². The van der Waals surface area contributed by atoms with Crippen molar-refractivity contribution in [1.82, 2.24) is 31.1 Å². The zero-order valence-corrected chi connectivity index (χ0v) is 23.9. The highest BCUT2D eigenvalue weighted by Gasteiger charge is 2.19. The molecule has 1 aromatic rings. The number of rotatable bonds is 8. The van der Waals surface area contributed by atoms with Crippen molar-refractivity contribution in [2.24, 2.45) is 4.99 Å². The van der Waals surface area contributed by atoms with Crippen molar-refractivity contribution in [3.8, 4) is 0 Å². The number of carbonyl (C=O) groups excluding carboxylic acids is 3. The second kappa shape index (κ2) is 16.9. The summed E-state index contributed by atoms with van der Waals surface area (Å²) in [5, 5.41) is 14.8. The van der Waals surface area contributed by atoms with E-state index >= 15 is 0 Å². The summed E-state index contributed by atoms with van der Waals surface area (Å²) in [6.07, 6.45) is 2.56. The van der Waals surface area contributed by atoms with Gasteiger partial charge in [-0.1, -0.05) is 0 Å². The summed E-state index contributed by atoms with van der Waals surface area (Å²) in [5.41, 5.74) is 3.75. The van der Waals surface area contributed by atoms with Gasteiger partial charge in [0.2, 0.25) is 5.91 Å². The van der Waals surface area contributed by atoms with Crippen LogP contribution in [0.3, 0.4) is 0 Å². The van der Waals surface area contributed by atoms with Crippen LogP contribution in [0.2, 0.25) is 0 Å². The molecule has 3 rings (SSSR count). The monoisotopic (exact) mass is 560 g/mol. The number of hydrogen-bond donors (Lipinski definition) is 5. The first-order chi connectivity index (χ1) is 19.2. The topological polar surface area (TPSA) is 139 Å². The third kappa shape index (κ3) is 9.97. The molecule has 1 aromatic carbocycles. The van der Waals surface area contributed by atoms with E-state index in [2.05, 4.69) is 36.5 Å². The molecule has 220 valence electrons. The van der Waals surface area contributed by atoms with E-state index in [0.29, 0.717) is 44.2 Å². The van der Waals surface area contributed by atoms with Crippen LogP contribution in [0.4, 0.5) is 14.9 Å². The Morgan fingerprint density at radius 1 is 1.27 bits per heavy atom. The van der Waals surface area contributed by atoms with Crippen LogP contribution in [0.25, 0.3) is 0 Å². The van der Waals surface area contributed by atoms with Crippen LogP contribution < -0.4 is 26.6 Å². The number of ether oxygens (including phenoxy) is 1. The number of urea groups is 1. The maximum Gasteiger partial charge on any atom is 0.322 e. The second-order valence-corrected chi connectivity index (χ2v) is 8.94. The number of anilines is 1. The Kier molecular flexibility index (Phi) is 13.6. The smallest absolute Gasteiger partial charge is 0.322 e. The van der Waals surface area contributed by atoms with Crippen LogP contribution >= 0.6 is 0 Å². The Morgan fingerprint density at radius 2 is 2.00 bits per heavy atom. The van der Waals surface area contributed by atoms with E-state index in [1.165, 1.54) is 37.1 Å². The minimum Gasteiger partial charge on any atom is -0.377 e. The minimum absolute atomic E-state index is 0.0834. The number of guanidine groups is 1. The van der Waals surface area contributed by atoms with Gasteiger partial charge in [0.15, 0.2) is 5.96 Å². The number of carbonyl (C=O) groups is 3. The van der Waals surface area contributed by atoms with Crippen molar-refractivity contribution in [2.45, 2.75) is 20.3 Å². The predicted molar refractivity (Wildman–Crippen MR) is 153 cm³/mol. The van der Waals surface area contributed by atoms with Gasteiger partial charge in [-0.15, -0.1) is 0 Å². The molecule has 1 fully saturated rings. The van der Waals surface area contributed by atoms with Crippen molar-refractivity contribution >= 4 is 29.9 Å². The Hall–Kier alpha value is -3.97. The highest BCUT2D eigenvalue weighted by molar-refractivity contribution is 5.85. The zero-order valence-electron chi connectivity index (χ0n) is 23.9. The third-order valence-corrected chi connectivity index (χ3v) is 6.15. The van der Waals surface area contributed by atoms with E-state index in [0.717, 1.165) is 48.7 Å². The van der Waals surface area contributed by atoms with Crippen molar-refractivity contribution in [3.05, 3.63) is 52.7 Å². The van der Waals surface area contributed by atoms with Gasteiger partial charge < -0.3 is 36.2 Å². The number of aldehydes is 1. The van der Waals surface area contributed by atoms with Crippen LogP contribution in [0.15, 0.2) is 46.4 Å². The highest BCUT2D eigenvalue weighted by Crippen LogP contribution is 2.28. The van der Waals surface area contributed by atoms with Crippen LogP contribution in [-0.4, -0.2) is 101 Å². The first-order valence-electron chi connectivity index (χ1n) is 13.1. The number of allylic oxidation sites excluding steroid dienone is 1. The highest BCUT2D eigenvalue weighted by atomic mass is 19.1. The lowest BCUT2D eigenvalue weighted by Crippen LogP contribution is -2.52. The second-order valence-electron chi connectivity index (χ2n) is 8.94. The number of fused-ring (bicyclic) bond motifs is 1. The van der Waals surface area contributed by atoms with Crippen molar-refractivity contribution in [2.75, 3.05) is 72.4 Å². The molecule has 0 saturated carbocycles. The molecule has 1 saturated heterocycles. The first-order valence-corrected chi connectivity index (χ1v) is 13.1. The molecule has 0 atom stereocenters. The fourth-order valence-corrected chi connectivity index (χ4v) is 4.01. The molecule has 2 aliphatic rings. The van der Waals surface area contributed by atoms with Gasteiger partial charge in [0.05, 0.1) is 13.2 Å². The Balaban J connectivity index is 0.000000280. The number of hydrogen-bond acceptors (Lipinski definition) is 7. The molecule has 12 nitrogen and oxygen atoms in total. The minimum atomic E-state index is -0.318. The maximum atomic E-state index is 13.3. The molecule has 0 bridgehead atoms. The van der Waals surface area contributed by atoms with Crippen LogP contribution in [0.5, 0.6) is 0 Å². The van der Waals surface area contributed by atoms with Crippen LogP contribution in [0.1, 0.15) is 19.4 Å². The summed E-state index contributed by atoms with van der Waals surface area (Å²) < 4.78 is 18.7. The summed E-state index contributed by atoms with van der Waals surface area (Å²) in [5.74, 6) is 0.681. The van der Waals surface area contributed by atoms with Gasteiger partial charge in [-0.2, -0.15) is 0 Å². The van der Waals surface area contributed by atoms with E-state index < -0.39 is 0 Å². The fraction of sp³-hybridized carbons (Fsp3) is 0.481. The molecule has 0 aliphatic carbocycles. The Morgan fingerprint density at radius 3 is 2.60 bits per heavy atom. The van der Waals surface area contributed by atoms with Gasteiger partial charge in [0.1, 0.15) is 17.9 Å². The average molecular weight is 561 g/mol. The molecule has 40 heavy (non-hydrogen) atoms. The number of piperazine rings is 1. The number of nitrogens with one attached hydrogen (secondary N) is 5. The molecule has 5 N–H and O–H groups in total. The molecule has 0 aromatic heterocycles. The number of nitrogens with zero attached hydrogens (tertiary/aromatic N) is 3. The van der Waals surface area contributed by atoms with Gasteiger partial charge in [-0.3, -0.25) is 19.5 Å². The Bertz CT molecular complexity index is 1120. The molecule has 2 heterocycles. The summed E-state index contributed by atoms with van der Waals surface area (Å²) in [4.78, 5) is 41.0. The van der Waals surface area contributed by atoms with Gasteiger partial charge in [0, 0.05) is 78.3 Å². The normalized spacial score (nSPS) is 15.2. The fourth-order valence-electron chi connectivity index (χ4n) is 4.01. The molecular formula is C27H41FN8O4. The van der Waals surface area contributed by atoms with Crippen molar-refractivity contribution < 1.29 is 23.5 Å². The molecule has 0 radical (unpaired) electrons. The van der Waals surface area contributed by atoms with Gasteiger partial charge in [0.25, 0.3) is 0 Å². The zero-order chi connectivity index (χ0) is 29.5. The Labute approximate surface area is 235 Å². The van der Waals surface area contributed by atoms with Crippen molar-refractivity contribution in [1.29, 1.82) is 0 Å². The molecule has 13 heteroatoms. The lowest BCUT2D eigenvalue weighted by Gasteiger charge is -2.32. The summed E-state index contributed by atoms with van der Waals surface area (Å²) >= 11 is 0. The van der Waals surface area contributed by atoms with E-state index in [4.69, 9.17) is 4.74 Å². The number of aliphatic imine (C=N–C) groups is 1. The largest absolute Gasteiger partial charge is 0.377 e. The van der Waals surface area contributed by atoms with Gasteiger partial charge in [-0.25, -0.2) is 9.18 Å². The summed E-state index contributed by atoms with van der Waals surface area (Å²) in [6.45, 7) is 8.32. The lowest BCUT2D eigenvalue weighted by atomic mass is 9.97. The van der Waals surface area contributed by atoms with E-state index in [1.807, 2.05) is 6.92 Å². The van der Waals surface area contributed by atoms with E-state index in [1.54, 1.807) is 20.2 Å². The molecular weight excluding hydrogens is 519 g/mol. The van der Waals surface area contributed by atoms with Crippen molar-refractivity contribution in [3.63, 3.8) is 0 Å². The number of amides is 3. The average Bonchev–Trinajstić information content (AvgIpc) is 2.96. The predicted octanol–water partition coefficient (Wildman–Crippen LogP) is 0.999. The summed E-state index contributed by atoms with van der Waals surface area (Å²) in [7, 11) is 4.78. The van der Waals surface area contributed by atoms with Gasteiger partial charge in [-0.05, 0) is 42.7 Å². The molecule has 0 spiro atoms. The molecule has 2 aliphatic heterocycles. The summed E-state index contributed by atoms with van der Waals surface area (Å²) in [6, 6.07) is 4.36. The number of benzene rings is 1. The van der Waals surface area contributed by atoms with Crippen LogP contribution in [0, 0.1) is 5.82 Å². The SMILES string of the molecule is CCOCC1=C(CNC(C)=O)Nc2ccc(F)cc2C1.CN=C(N/C(=C/C=O)N(C)C(=O)NC)N1CCNCC1. The van der Waals surface area contributed by atoms with E-state index in [9.17, 15) is 18.8 Å². The number of halogens is 1. The lowest BCUT2D eigenvalue weighted by molar-refractivity contribution is -0.118. The third-order valence-electron chi connectivity index (χ3n) is 6.15. The first kappa shape index (κ1) is 32.2. The van der Waals surface area contributed by atoms with Gasteiger partial charge >= 0.3 is 6.03 Å². The molecule has 0 unspecified atom stereocenters. The molecule has 3 amide bonds. The maximum absolute atomic E-state index is 13.3.